The summed E-state index contributed by atoms with van der Waals surface area (Å²) in [7, 11) is -1.20. The molecular formula is C11H24N2O2S. The van der Waals surface area contributed by atoms with Gasteiger partial charge < -0.3 is 5.32 Å². The van der Waals surface area contributed by atoms with Crippen molar-refractivity contribution in [1.82, 2.24) is 10.0 Å². The van der Waals surface area contributed by atoms with E-state index >= 15 is 0 Å². The highest BCUT2D eigenvalue weighted by molar-refractivity contribution is 7.89. The Morgan fingerprint density at radius 2 is 1.81 bits per heavy atom. The van der Waals surface area contributed by atoms with Gasteiger partial charge in [-0.15, -0.1) is 0 Å². The molecule has 0 bridgehead atoms. The molecule has 1 rings (SSSR count). The highest BCUT2D eigenvalue weighted by Gasteiger charge is 2.32. The van der Waals surface area contributed by atoms with Gasteiger partial charge in [0.2, 0.25) is 10.0 Å². The molecule has 0 spiro atoms. The van der Waals surface area contributed by atoms with Gasteiger partial charge in [-0.3, -0.25) is 0 Å². The van der Waals surface area contributed by atoms with Crippen LogP contribution in [0.4, 0.5) is 0 Å². The summed E-state index contributed by atoms with van der Waals surface area (Å²) in [6.45, 7) is 2.90. The standard InChI is InChI=1S/C11H24N2O2S/c1-11(7-3-4-8-11)13-16(14,15)10-6-5-9-12-2/h12-13H,3-10H2,1-2H3. The number of hydrogen-bond acceptors (Lipinski definition) is 3. The number of sulfonamides is 1. The van der Waals surface area contributed by atoms with Crippen LogP contribution in [0, 0.1) is 0 Å². The smallest absolute Gasteiger partial charge is 0.212 e. The summed E-state index contributed by atoms with van der Waals surface area (Å²) in [6.07, 6.45) is 5.86. The molecule has 5 heteroatoms. The Kier molecular flexibility index (Phi) is 5.21. The summed E-state index contributed by atoms with van der Waals surface area (Å²) in [5, 5.41) is 3.02. The Balaban J connectivity index is 2.33. The predicted octanol–water partition coefficient (Wildman–Crippen LogP) is 1.24. The van der Waals surface area contributed by atoms with Crippen molar-refractivity contribution in [3.05, 3.63) is 0 Å². The zero-order chi connectivity index (χ0) is 12.1. The minimum Gasteiger partial charge on any atom is -0.320 e. The normalized spacial score (nSPS) is 20.1. The third-order valence-corrected chi connectivity index (χ3v) is 4.83. The largest absolute Gasteiger partial charge is 0.320 e. The fourth-order valence-electron chi connectivity index (χ4n) is 2.28. The van der Waals surface area contributed by atoms with Crippen LogP contribution in [-0.2, 0) is 10.0 Å². The second-order valence-electron chi connectivity index (χ2n) is 5.00. The van der Waals surface area contributed by atoms with Crippen molar-refractivity contribution in [3.8, 4) is 0 Å². The lowest BCUT2D eigenvalue weighted by molar-refractivity contribution is 0.427. The van der Waals surface area contributed by atoms with E-state index < -0.39 is 10.0 Å². The molecule has 0 unspecified atom stereocenters. The number of hydrogen-bond donors (Lipinski definition) is 2. The van der Waals surface area contributed by atoms with Crippen molar-refractivity contribution in [2.75, 3.05) is 19.3 Å². The van der Waals surface area contributed by atoms with Gasteiger partial charge in [-0.1, -0.05) is 12.8 Å². The number of rotatable bonds is 7. The number of nitrogens with one attached hydrogen (secondary N) is 2. The zero-order valence-corrected chi connectivity index (χ0v) is 11.2. The maximum atomic E-state index is 11.8. The van der Waals surface area contributed by atoms with Gasteiger partial charge in [-0.05, 0) is 46.2 Å². The predicted molar refractivity (Wildman–Crippen MR) is 67.0 cm³/mol. The molecule has 0 heterocycles. The van der Waals surface area contributed by atoms with Crippen molar-refractivity contribution in [2.45, 2.75) is 51.0 Å². The van der Waals surface area contributed by atoms with Crippen LogP contribution in [0.25, 0.3) is 0 Å². The fourth-order valence-corrected chi connectivity index (χ4v) is 3.92. The van der Waals surface area contributed by atoms with E-state index in [1.54, 1.807) is 0 Å². The fraction of sp³-hybridized carbons (Fsp3) is 1.00. The first-order valence-electron chi connectivity index (χ1n) is 6.14. The van der Waals surface area contributed by atoms with E-state index in [1.165, 1.54) is 0 Å². The molecule has 0 atom stereocenters. The lowest BCUT2D eigenvalue weighted by atomic mass is 10.0. The molecule has 0 aromatic rings. The quantitative estimate of drug-likeness (QED) is 0.666. The van der Waals surface area contributed by atoms with Crippen LogP contribution in [0.5, 0.6) is 0 Å². The molecule has 1 fully saturated rings. The Morgan fingerprint density at radius 1 is 1.19 bits per heavy atom. The minimum atomic E-state index is -3.08. The van der Waals surface area contributed by atoms with Crippen molar-refractivity contribution in [1.29, 1.82) is 0 Å². The van der Waals surface area contributed by atoms with Crippen LogP contribution in [0.2, 0.25) is 0 Å². The summed E-state index contributed by atoms with van der Waals surface area (Å²) < 4.78 is 26.5. The first-order chi connectivity index (χ1) is 7.47. The van der Waals surface area contributed by atoms with E-state index in [4.69, 9.17) is 0 Å². The van der Waals surface area contributed by atoms with Gasteiger partial charge >= 0.3 is 0 Å². The van der Waals surface area contributed by atoms with Crippen molar-refractivity contribution in [3.63, 3.8) is 0 Å². The van der Waals surface area contributed by atoms with Gasteiger partial charge in [-0.25, -0.2) is 13.1 Å². The van der Waals surface area contributed by atoms with E-state index in [9.17, 15) is 8.42 Å². The molecule has 0 aliphatic heterocycles. The monoisotopic (exact) mass is 248 g/mol. The lowest BCUT2D eigenvalue weighted by Crippen LogP contribution is -2.44. The van der Waals surface area contributed by atoms with Crippen LogP contribution < -0.4 is 10.0 Å². The van der Waals surface area contributed by atoms with Gasteiger partial charge in [-0.2, -0.15) is 0 Å². The molecule has 1 aliphatic carbocycles. The summed E-state index contributed by atoms with van der Waals surface area (Å²) >= 11 is 0. The highest BCUT2D eigenvalue weighted by atomic mass is 32.2. The topological polar surface area (TPSA) is 58.2 Å². The van der Waals surface area contributed by atoms with Crippen LogP contribution in [0.15, 0.2) is 0 Å². The second kappa shape index (κ2) is 5.98. The molecule has 0 radical (unpaired) electrons. The van der Waals surface area contributed by atoms with E-state index in [1.807, 2.05) is 14.0 Å². The Morgan fingerprint density at radius 3 is 2.38 bits per heavy atom. The van der Waals surface area contributed by atoms with E-state index in [2.05, 4.69) is 10.0 Å². The van der Waals surface area contributed by atoms with Crippen LogP contribution in [0.1, 0.15) is 45.4 Å². The van der Waals surface area contributed by atoms with Gasteiger partial charge in [0.25, 0.3) is 0 Å². The molecule has 2 N–H and O–H groups in total. The second-order valence-corrected chi connectivity index (χ2v) is 6.84. The van der Waals surface area contributed by atoms with Crippen LogP contribution in [0.3, 0.4) is 0 Å². The summed E-state index contributed by atoms with van der Waals surface area (Å²) in [6, 6.07) is 0. The number of unbranched alkanes of at least 4 members (excludes halogenated alkanes) is 1. The average molecular weight is 248 g/mol. The van der Waals surface area contributed by atoms with Crippen molar-refractivity contribution < 1.29 is 8.42 Å². The van der Waals surface area contributed by atoms with Crippen LogP contribution in [-0.4, -0.2) is 33.3 Å². The maximum Gasteiger partial charge on any atom is 0.212 e. The average Bonchev–Trinajstić information content (AvgIpc) is 2.58. The van der Waals surface area contributed by atoms with E-state index in [0.717, 1.165) is 45.1 Å². The molecule has 0 aromatic heterocycles. The Labute approximate surface area is 99.2 Å². The summed E-state index contributed by atoms with van der Waals surface area (Å²) in [4.78, 5) is 0. The summed E-state index contributed by atoms with van der Waals surface area (Å²) in [5.41, 5.74) is -0.179. The molecule has 96 valence electrons. The Bertz CT molecular complexity index is 295. The third kappa shape index (κ3) is 4.80. The molecule has 0 amide bonds. The molecule has 1 saturated carbocycles. The lowest BCUT2D eigenvalue weighted by Gasteiger charge is -2.24. The third-order valence-electron chi connectivity index (χ3n) is 3.20. The molecule has 0 aromatic carbocycles. The molecular weight excluding hydrogens is 224 g/mol. The van der Waals surface area contributed by atoms with E-state index in [-0.39, 0.29) is 11.3 Å². The van der Waals surface area contributed by atoms with Gasteiger partial charge in [0, 0.05) is 5.54 Å². The maximum absolute atomic E-state index is 11.8. The molecule has 0 saturated heterocycles. The first-order valence-corrected chi connectivity index (χ1v) is 7.79. The van der Waals surface area contributed by atoms with Crippen molar-refractivity contribution >= 4 is 10.0 Å². The minimum absolute atomic E-state index is 0.179. The molecule has 16 heavy (non-hydrogen) atoms. The molecule has 4 nitrogen and oxygen atoms in total. The molecule has 1 aliphatic rings. The van der Waals surface area contributed by atoms with E-state index in [0.29, 0.717) is 0 Å². The van der Waals surface area contributed by atoms with Gasteiger partial charge in [0.1, 0.15) is 0 Å². The van der Waals surface area contributed by atoms with Crippen molar-refractivity contribution in [2.24, 2.45) is 0 Å². The van der Waals surface area contributed by atoms with Gasteiger partial charge in [0.05, 0.1) is 5.75 Å². The van der Waals surface area contributed by atoms with Crippen LogP contribution >= 0.6 is 0 Å². The van der Waals surface area contributed by atoms with Gasteiger partial charge in [0.15, 0.2) is 0 Å². The SMILES string of the molecule is CNCCCCS(=O)(=O)NC1(C)CCCC1. The zero-order valence-electron chi connectivity index (χ0n) is 10.4. The highest BCUT2D eigenvalue weighted by Crippen LogP contribution is 2.29. The Hall–Kier alpha value is -0.130. The summed E-state index contributed by atoms with van der Waals surface area (Å²) in [5.74, 6) is 0.254. The first kappa shape index (κ1) is 13.9.